The van der Waals surface area contributed by atoms with Crippen LogP contribution in [-0.4, -0.2) is 14.3 Å². The number of hydrogen-bond acceptors (Lipinski definition) is 3. The van der Waals surface area contributed by atoms with Gasteiger partial charge in [-0.05, 0) is 67.8 Å². The van der Waals surface area contributed by atoms with Crippen LogP contribution in [0.15, 0.2) is 65.6 Å². The maximum absolute atomic E-state index is 12.9. The Morgan fingerprint density at radius 2 is 1.52 bits per heavy atom. The van der Waals surface area contributed by atoms with Crippen molar-refractivity contribution in [3.8, 4) is 0 Å². The van der Waals surface area contributed by atoms with Gasteiger partial charge in [-0.25, -0.2) is 8.42 Å². The molecule has 0 aliphatic rings. The second kappa shape index (κ2) is 8.27. The van der Waals surface area contributed by atoms with Crippen molar-refractivity contribution in [3.05, 3.63) is 87.9 Å². The molecule has 0 aromatic heterocycles. The topological polar surface area (TPSA) is 75.3 Å². The summed E-state index contributed by atoms with van der Waals surface area (Å²) in [5, 5.41) is 2.83. The molecule has 0 bridgehead atoms. The van der Waals surface area contributed by atoms with Crippen molar-refractivity contribution in [1.82, 2.24) is 0 Å². The van der Waals surface area contributed by atoms with Crippen LogP contribution in [-0.2, 0) is 10.0 Å². The Hall–Kier alpha value is -2.83. The Labute approximate surface area is 175 Å². The van der Waals surface area contributed by atoms with E-state index in [2.05, 4.69) is 10.0 Å². The summed E-state index contributed by atoms with van der Waals surface area (Å²) in [7, 11) is -3.98. The highest BCUT2D eigenvalue weighted by atomic mass is 35.5. The molecule has 0 radical (unpaired) electrons. The average molecular weight is 429 g/mol. The standard InChI is InChI=1S/C22H21ClN2O3S/c1-14-8-6-10-20(16(14)3)25-29(27,28)21-13-17(11-12-18(21)23)22(26)24-19-9-5-4-7-15(19)2/h4-13,25H,1-3H3,(H,24,26). The normalized spacial score (nSPS) is 11.2. The second-order valence-electron chi connectivity index (χ2n) is 6.77. The Balaban J connectivity index is 1.93. The Bertz CT molecular complexity index is 1190. The van der Waals surface area contributed by atoms with E-state index in [1.165, 1.54) is 18.2 Å². The Kier molecular flexibility index (Phi) is 5.96. The molecule has 0 heterocycles. The lowest BCUT2D eigenvalue weighted by molar-refractivity contribution is 0.102. The zero-order valence-electron chi connectivity index (χ0n) is 16.3. The molecule has 150 valence electrons. The zero-order valence-corrected chi connectivity index (χ0v) is 17.9. The predicted octanol–water partition coefficient (Wildman–Crippen LogP) is 5.32. The van der Waals surface area contributed by atoms with Gasteiger partial charge >= 0.3 is 0 Å². The lowest BCUT2D eigenvalue weighted by Gasteiger charge is -2.14. The van der Waals surface area contributed by atoms with Gasteiger partial charge in [0.1, 0.15) is 4.90 Å². The summed E-state index contributed by atoms with van der Waals surface area (Å²) >= 11 is 6.16. The minimum atomic E-state index is -3.98. The molecule has 3 rings (SSSR count). The van der Waals surface area contributed by atoms with Crippen LogP contribution in [0, 0.1) is 20.8 Å². The van der Waals surface area contributed by atoms with E-state index >= 15 is 0 Å². The number of hydrogen-bond donors (Lipinski definition) is 2. The first kappa shape index (κ1) is 20.9. The van der Waals surface area contributed by atoms with E-state index in [0.29, 0.717) is 11.4 Å². The fourth-order valence-electron chi connectivity index (χ4n) is 2.82. The Morgan fingerprint density at radius 3 is 2.24 bits per heavy atom. The van der Waals surface area contributed by atoms with Crippen molar-refractivity contribution in [3.63, 3.8) is 0 Å². The van der Waals surface area contributed by atoms with Gasteiger partial charge in [0.25, 0.3) is 15.9 Å². The molecule has 0 spiro atoms. The monoisotopic (exact) mass is 428 g/mol. The molecule has 0 atom stereocenters. The largest absolute Gasteiger partial charge is 0.322 e. The molecule has 5 nitrogen and oxygen atoms in total. The number of aryl methyl sites for hydroxylation is 2. The number of amides is 1. The molecule has 3 aromatic rings. The van der Waals surface area contributed by atoms with Gasteiger partial charge in [0.2, 0.25) is 0 Å². The summed E-state index contributed by atoms with van der Waals surface area (Å²) in [5.74, 6) is -0.417. The number of halogens is 1. The molecule has 2 N–H and O–H groups in total. The van der Waals surface area contributed by atoms with Crippen molar-refractivity contribution in [2.45, 2.75) is 25.7 Å². The molecule has 1 amide bonds. The summed E-state index contributed by atoms with van der Waals surface area (Å²) in [6.45, 7) is 5.61. The van der Waals surface area contributed by atoms with E-state index in [1.807, 2.05) is 45.0 Å². The van der Waals surface area contributed by atoms with E-state index in [0.717, 1.165) is 16.7 Å². The smallest absolute Gasteiger partial charge is 0.263 e. The number of para-hydroxylation sites is 1. The minimum Gasteiger partial charge on any atom is -0.322 e. The van der Waals surface area contributed by atoms with Crippen LogP contribution in [0.25, 0.3) is 0 Å². The van der Waals surface area contributed by atoms with Crippen LogP contribution < -0.4 is 10.0 Å². The summed E-state index contributed by atoms with van der Waals surface area (Å²) in [4.78, 5) is 12.5. The maximum Gasteiger partial charge on any atom is 0.263 e. The van der Waals surface area contributed by atoms with Gasteiger partial charge in [-0.2, -0.15) is 0 Å². The number of nitrogens with one attached hydrogen (secondary N) is 2. The van der Waals surface area contributed by atoms with Crippen LogP contribution in [0.1, 0.15) is 27.0 Å². The summed E-state index contributed by atoms with van der Waals surface area (Å²) in [5.41, 5.74) is 4.00. The molecule has 0 saturated carbocycles. The lowest BCUT2D eigenvalue weighted by atomic mass is 10.1. The van der Waals surface area contributed by atoms with Crippen LogP contribution in [0.5, 0.6) is 0 Å². The summed E-state index contributed by atoms with van der Waals surface area (Å²) in [6.07, 6.45) is 0. The van der Waals surface area contributed by atoms with Gasteiger partial charge in [-0.15, -0.1) is 0 Å². The molecule has 0 aliphatic heterocycles. The number of rotatable bonds is 5. The third kappa shape index (κ3) is 4.60. The predicted molar refractivity (Wildman–Crippen MR) is 117 cm³/mol. The van der Waals surface area contributed by atoms with Gasteiger partial charge in [-0.1, -0.05) is 41.9 Å². The lowest BCUT2D eigenvalue weighted by Crippen LogP contribution is -2.17. The molecule has 0 aliphatic carbocycles. The molecule has 0 fully saturated rings. The minimum absolute atomic E-state index is 0.0373. The molecular formula is C22H21ClN2O3S. The Morgan fingerprint density at radius 1 is 0.862 bits per heavy atom. The van der Waals surface area contributed by atoms with Crippen molar-refractivity contribution in [2.75, 3.05) is 10.0 Å². The highest BCUT2D eigenvalue weighted by Gasteiger charge is 2.21. The summed E-state index contributed by atoms with van der Waals surface area (Å²) in [6, 6.07) is 16.9. The van der Waals surface area contributed by atoms with E-state index in [1.54, 1.807) is 18.2 Å². The first-order valence-electron chi connectivity index (χ1n) is 8.94. The van der Waals surface area contributed by atoms with Crippen molar-refractivity contribution < 1.29 is 13.2 Å². The molecule has 0 saturated heterocycles. The first-order chi connectivity index (χ1) is 13.7. The molecule has 29 heavy (non-hydrogen) atoms. The molecule has 3 aromatic carbocycles. The van der Waals surface area contributed by atoms with Gasteiger partial charge in [0.05, 0.1) is 10.7 Å². The van der Waals surface area contributed by atoms with Gasteiger partial charge in [0, 0.05) is 11.3 Å². The van der Waals surface area contributed by atoms with Crippen molar-refractivity contribution in [1.29, 1.82) is 0 Å². The molecule has 7 heteroatoms. The molecular weight excluding hydrogens is 408 g/mol. The maximum atomic E-state index is 12.9. The van der Waals surface area contributed by atoms with Crippen LogP contribution in [0.3, 0.4) is 0 Å². The highest BCUT2D eigenvalue weighted by Crippen LogP contribution is 2.27. The number of carbonyl (C=O) groups is 1. The number of benzene rings is 3. The number of carbonyl (C=O) groups excluding carboxylic acids is 1. The van der Waals surface area contributed by atoms with E-state index in [9.17, 15) is 13.2 Å². The van der Waals surface area contributed by atoms with Gasteiger partial charge in [-0.3, -0.25) is 9.52 Å². The number of anilines is 2. The number of sulfonamides is 1. The van der Waals surface area contributed by atoms with Crippen LogP contribution in [0.2, 0.25) is 5.02 Å². The fourth-order valence-corrected chi connectivity index (χ4v) is 4.47. The van der Waals surface area contributed by atoms with Crippen LogP contribution in [0.4, 0.5) is 11.4 Å². The van der Waals surface area contributed by atoms with E-state index in [-0.39, 0.29) is 15.5 Å². The first-order valence-corrected chi connectivity index (χ1v) is 10.8. The zero-order chi connectivity index (χ0) is 21.2. The quantitative estimate of drug-likeness (QED) is 0.577. The highest BCUT2D eigenvalue weighted by molar-refractivity contribution is 7.92. The summed E-state index contributed by atoms with van der Waals surface area (Å²) < 4.78 is 28.5. The van der Waals surface area contributed by atoms with E-state index < -0.39 is 15.9 Å². The van der Waals surface area contributed by atoms with Crippen molar-refractivity contribution in [2.24, 2.45) is 0 Å². The third-order valence-corrected chi connectivity index (χ3v) is 6.57. The third-order valence-electron chi connectivity index (χ3n) is 4.73. The van der Waals surface area contributed by atoms with Gasteiger partial charge < -0.3 is 5.32 Å². The molecule has 0 unspecified atom stereocenters. The van der Waals surface area contributed by atoms with Gasteiger partial charge in [0.15, 0.2) is 0 Å². The van der Waals surface area contributed by atoms with E-state index in [4.69, 9.17) is 11.6 Å². The average Bonchev–Trinajstić information content (AvgIpc) is 2.67. The SMILES string of the molecule is Cc1ccccc1NC(=O)c1ccc(Cl)c(S(=O)(=O)Nc2cccc(C)c2C)c1. The van der Waals surface area contributed by atoms with Crippen molar-refractivity contribution >= 4 is 38.9 Å². The van der Waals surface area contributed by atoms with Crippen LogP contribution >= 0.6 is 11.6 Å². The second-order valence-corrected chi connectivity index (χ2v) is 8.83. The fraction of sp³-hybridized carbons (Fsp3) is 0.136.